The molecular weight excluding hydrogens is 527 g/mol. The lowest BCUT2D eigenvalue weighted by Gasteiger charge is -2.09. The minimum atomic E-state index is -0.313. The average molecular weight is 547 g/mol. The zero-order valence-corrected chi connectivity index (χ0v) is 21.2. The number of aromatic nitrogens is 6. The highest BCUT2D eigenvalue weighted by molar-refractivity contribution is 6.42. The summed E-state index contributed by atoms with van der Waals surface area (Å²) >= 11 is 12.3. The first-order valence-electron chi connectivity index (χ1n) is 11.5. The van der Waals surface area contributed by atoms with E-state index in [1.54, 1.807) is 53.2 Å². The van der Waals surface area contributed by atoms with Crippen LogP contribution in [0.4, 0.5) is 5.69 Å². The average Bonchev–Trinajstić information content (AvgIpc) is 3.60. The predicted molar refractivity (Wildman–Crippen MR) is 143 cm³/mol. The van der Waals surface area contributed by atoms with Gasteiger partial charge in [-0.15, -0.1) is 10.2 Å². The molecule has 0 saturated heterocycles. The van der Waals surface area contributed by atoms with Crippen LogP contribution >= 0.6 is 23.2 Å². The Morgan fingerprint density at radius 3 is 2.39 bits per heavy atom. The van der Waals surface area contributed by atoms with Crippen LogP contribution in [0.25, 0.3) is 11.3 Å². The second-order valence-corrected chi connectivity index (χ2v) is 9.04. The minimum absolute atomic E-state index is 0.155. The summed E-state index contributed by atoms with van der Waals surface area (Å²) in [5.41, 5.74) is 3.63. The van der Waals surface area contributed by atoms with Crippen LogP contribution < -0.4 is 10.6 Å². The monoisotopic (exact) mass is 546 g/mol. The molecule has 2 amide bonds. The fraction of sp³-hybridized carbons (Fsp3) is 0.0769. The maximum absolute atomic E-state index is 13.2. The lowest BCUT2D eigenvalue weighted by atomic mass is 10.1. The SMILES string of the molecule is O=C(NCc1nn[nH]n1)c1ccc(Cn2nc(-c3ccc(Cl)c(Cl)c3)cc2C(=O)Nc2ccccc2)cc1. The lowest BCUT2D eigenvalue weighted by Crippen LogP contribution is -2.23. The second-order valence-electron chi connectivity index (χ2n) is 8.23. The summed E-state index contributed by atoms with van der Waals surface area (Å²) in [7, 11) is 0. The number of tetrazole rings is 1. The normalized spacial score (nSPS) is 10.8. The van der Waals surface area contributed by atoms with E-state index in [1.165, 1.54) is 0 Å². The van der Waals surface area contributed by atoms with Crippen LogP contribution in [0.5, 0.6) is 0 Å². The standard InChI is InChI=1S/C26H20Cl2N8O2/c27-20-11-10-18(12-21(20)28)22-13-23(26(38)30-19-4-2-1-3-5-19)36(33-22)15-16-6-8-17(9-7-16)25(37)29-14-24-31-34-35-32-24/h1-13H,14-15H2,(H,29,37)(H,30,38)(H,31,32,34,35). The number of nitrogens with one attached hydrogen (secondary N) is 3. The molecule has 2 aromatic heterocycles. The molecule has 0 unspecified atom stereocenters. The summed E-state index contributed by atoms with van der Waals surface area (Å²) < 4.78 is 1.61. The molecule has 0 bridgehead atoms. The van der Waals surface area contributed by atoms with Gasteiger partial charge in [0, 0.05) is 16.8 Å². The quantitative estimate of drug-likeness (QED) is 0.260. The van der Waals surface area contributed by atoms with Crippen molar-refractivity contribution in [2.75, 3.05) is 5.32 Å². The third kappa shape index (κ3) is 5.88. The highest BCUT2D eigenvalue weighted by atomic mass is 35.5. The number of H-pyrrole nitrogens is 1. The van der Waals surface area contributed by atoms with Crippen LogP contribution in [0.3, 0.4) is 0 Å². The molecule has 38 heavy (non-hydrogen) atoms. The first-order valence-corrected chi connectivity index (χ1v) is 12.2. The number of rotatable bonds is 8. The lowest BCUT2D eigenvalue weighted by molar-refractivity contribution is 0.0949. The van der Waals surface area contributed by atoms with Crippen molar-refractivity contribution in [2.45, 2.75) is 13.1 Å². The van der Waals surface area contributed by atoms with E-state index in [4.69, 9.17) is 23.2 Å². The molecule has 5 rings (SSSR count). The molecule has 0 saturated carbocycles. The van der Waals surface area contributed by atoms with Gasteiger partial charge in [-0.05, 0) is 48.0 Å². The van der Waals surface area contributed by atoms with E-state index >= 15 is 0 Å². The maximum Gasteiger partial charge on any atom is 0.273 e. The number of carbonyl (C=O) groups excluding carboxylic acids is 2. The van der Waals surface area contributed by atoms with Crippen molar-refractivity contribution in [3.8, 4) is 11.3 Å². The number of para-hydroxylation sites is 1. The summed E-state index contributed by atoms with van der Waals surface area (Å²) in [6.07, 6.45) is 0. The van der Waals surface area contributed by atoms with Crippen molar-refractivity contribution in [1.29, 1.82) is 0 Å². The van der Waals surface area contributed by atoms with E-state index in [9.17, 15) is 9.59 Å². The van der Waals surface area contributed by atoms with Gasteiger partial charge in [-0.25, -0.2) is 0 Å². The molecule has 0 atom stereocenters. The maximum atomic E-state index is 13.2. The van der Waals surface area contributed by atoms with E-state index in [0.717, 1.165) is 11.1 Å². The Kier molecular flexibility index (Phi) is 7.43. The molecule has 10 nitrogen and oxygen atoms in total. The third-order valence-electron chi connectivity index (χ3n) is 5.60. The van der Waals surface area contributed by atoms with E-state index < -0.39 is 0 Å². The van der Waals surface area contributed by atoms with Gasteiger partial charge in [0.2, 0.25) is 0 Å². The van der Waals surface area contributed by atoms with Crippen molar-refractivity contribution < 1.29 is 9.59 Å². The Bertz CT molecular complexity index is 1570. The summed E-state index contributed by atoms with van der Waals surface area (Å²) in [6.45, 7) is 0.450. The Balaban J connectivity index is 1.38. The number of hydrogen-bond donors (Lipinski definition) is 3. The van der Waals surface area contributed by atoms with Crippen molar-refractivity contribution >= 4 is 40.7 Å². The number of hydrogen-bond acceptors (Lipinski definition) is 6. The van der Waals surface area contributed by atoms with Crippen molar-refractivity contribution in [1.82, 2.24) is 35.7 Å². The molecule has 0 aliphatic carbocycles. The Labute approximate surface area is 227 Å². The van der Waals surface area contributed by atoms with Crippen molar-refractivity contribution in [2.24, 2.45) is 0 Å². The third-order valence-corrected chi connectivity index (χ3v) is 6.34. The number of halogens is 2. The number of benzene rings is 3. The Morgan fingerprint density at radius 1 is 0.895 bits per heavy atom. The van der Waals surface area contributed by atoms with Gasteiger partial charge in [-0.1, -0.05) is 64.8 Å². The van der Waals surface area contributed by atoms with Gasteiger partial charge in [0.1, 0.15) is 5.69 Å². The summed E-state index contributed by atoms with van der Waals surface area (Å²) in [4.78, 5) is 25.7. The molecule has 0 aliphatic rings. The highest BCUT2D eigenvalue weighted by Crippen LogP contribution is 2.29. The molecule has 0 radical (unpaired) electrons. The molecule has 5 aromatic rings. The molecule has 3 aromatic carbocycles. The molecule has 2 heterocycles. The number of aromatic amines is 1. The molecule has 0 aliphatic heterocycles. The number of anilines is 1. The van der Waals surface area contributed by atoms with Gasteiger partial charge in [0.15, 0.2) is 5.82 Å². The minimum Gasteiger partial charge on any atom is -0.345 e. The molecule has 12 heteroatoms. The molecule has 0 spiro atoms. The second kappa shape index (κ2) is 11.2. The van der Waals surface area contributed by atoms with Gasteiger partial charge in [-0.3, -0.25) is 14.3 Å². The zero-order chi connectivity index (χ0) is 26.5. The summed E-state index contributed by atoms with van der Waals surface area (Å²) in [6, 6.07) is 23.1. The van der Waals surface area contributed by atoms with Crippen LogP contribution in [-0.4, -0.2) is 42.2 Å². The number of amides is 2. The van der Waals surface area contributed by atoms with E-state index in [0.29, 0.717) is 45.1 Å². The summed E-state index contributed by atoms with van der Waals surface area (Å²) in [5.74, 6) is -0.203. The van der Waals surface area contributed by atoms with Gasteiger partial charge >= 0.3 is 0 Å². The molecule has 190 valence electrons. The van der Waals surface area contributed by atoms with Crippen LogP contribution in [0.1, 0.15) is 32.2 Å². The largest absolute Gasteiger partial charge is 0.345 e. The predicted octanol–water partition coefficient (Wildman–Crippen LogP) is 4.60. The van der Waals surface area contributed by atoms with Crippen molar-refractivity contribution in [3.05, 3.63) is 112 Å². The Hall–Kier alpha value is -4.54. The van der Waals surface area contributed by atoms with E-state index in [1.807, 2.05) is 30.3 Å². The first-order chi connectivity index (χ1) is 18.5. The summed E-state index contributed by atoms with van der Waals surface area (Å²) in [5, 5.41) is 24.5. The van der Waals surface area contributed by atoms with Crippen LogP contribution in [0.2, 0.25) is 10.0 Å². The van der Waals surface area contributed by atoms with Crippen molar-refractivity contribution in [3.63, 3.8) is 0 Å². The first kappa shape index (κ1) is 25.1. The van der Waals surface area contributed by atoms with Crippen LogP contribution in [0.15, 0.2) is 78.9 Å². The van der Waals surface area contributed by atoms with Gasteiger partial charge in [0.25, 0.3) is 11.8 Å². The van der Waals surface area contributed by atoms with Gasteiger partial charge in [0.05, 0.1) is 28.8 Å². The van der Waals surface area contributed by atoms with E-state index in [2.05, 4.69) is 36.4 Å². The smallest absolute Gasteiger partial charge is 0.273 e. The zero-order valence-electron chi connectivity index (χ0n) is 19.7. The van der Waals surface area contributed by atoms with Crippen LogP contribution in [0, 0.1) is 0 Å². The Morgan fingerprint density at radius 2 is 1.68 bits per heavy atom. The van der Waals surface area contributed by atoms with E-state index in [-0.39, 0.29) is 18.4 Å². The molecular formula is C26H20Cl2N8O2. The van der Waals surface area contributed by atoms with Crippen LogP contribution in [-0.2, 0) is 13.1 Å². The molecule has 3 N–H and O–H groups in total. The van der Waals surface area contributed by atoms with Gasteiger partial charge in [-0.2, -0.15) is 10.3 Å². The highest BCUT2D eigenvalue weighted by Gasteiger charge is 2.18. The fourth-order valence-electron chi connectivity index (χ4n) is 3.69. The van der Waals surface area contributed by atoms with Gasteiger partial charge < -0.3 is 10.6 Å². The molecule has 0 fully saturated rings. The number of carbonyl (C=O) groups is 2. The fourth-order valence-corrected chi connectivity index (χ4v) is 3.98. The number of nitrogens with zero attached hydrogens (tertiary/aromatic N) is 5. The topological polar surface area (TPSA) is 130 Å².